The molecule has 30 heavy (non-hydrogen) atoms. The number of amides is 1. The Labute approximate surface area is 180 Å². The molecule has 1 saturated carbocycles. The van der Waals surface area contributed by atoms with Gasteiger partial charge in [0.05, 0.1) is 25.9 Å². The van der Waals surface area contributed by atoms with E-state index in [4.69, 9.17) is 14.2 Å². The van der Waals surface area contributed by atoms with Crippen molar-refractivity contribution in [1.29, 1.82) is 0 Å². The molecule has 6 heteroatoms. The van der Waals surface area contributed by atoms with Crippen molar-refractivity contribution in [3.63, 3.8) is 0 Å². The summed E-state index contributed by atoms with van der Waals surface area (Å²) in [5.41, 5.74) is 0.893. The first-order valence-corrected chi connectivity index (χ1v) is 11.1. The molecule has 3 aliphatic rings. The monoisotopic (exact) mass is 416 g/mol. The molecule has 2 N–H and O–H groups in total. The molecule has 0 unspecified atom stereocenters. The van der Waals surface area contributed by atoms with Crippen LogP contribution in [0.1, 0.15) is 58.6 Å². The maximum Gasteiger partial charge on any atom is 0.217 e. The molecule has 2 saturated heterocycles. The number of piperidine rings is 1. The topological polar surface area (TPSA) is 68.8 Å². The molecule has 2 aliphatic heterocycles. The molecule has 6 atom stereocenters. The fourth-order valence-corrected chi connectivity index (χ4v) is 6.62. The molecule has 2 heterocycles. The van der Waals surface area contributed by atoms with E-state index in [2.05, 4.69) is 37.5 Å². The van der Waals surface area contributed by atoms with E-state index in [1.165, 1.54) is 0 Å². The molecule has 6 nitrogen and oxygen atoms in total. The van der Waals surface area contributed by atoms with Gasteiger partial charge in [-0.15, -0.1) is 0 Å². The average molecular weight is 417 g/mol. The fraction of sp³-hybridized carbons (Fsp3) is 0.708. The van der Waals surface area contributed by atoms with Crippen LogP contribution in [0, 0.1) is 17.8 Å². The predicted molar refractivity (Wildman–Crippen MR) is 116 cm³/mol. The molecular formula is C24H36N2O4. The van der Waals surface area contributed by atoms with Crippen molar-refractivity contribution in [2.45, 2.75) is 70.2 Å². The highest BCUT2D eigenvalue weighted by atomic mass is 16.5. The van der Waals surface area contributed by atoms with Gasteiger partial charge in [-0.05, 0) is 69.6 Å². The third kappa shape index (κ3) is 3.38. The first kappa shape index (κ1) is 21.4. The Morgan fingerprint density at radius 2 is 1.87 bits per heavy atom. The Morgan fingerprint density at radius 1 is 1.17 bits per heavy atom. The average Bonchev–Trinajstić information content (AvgIpc) is 2.70. The van der Waals surface area contributed by atoms with Crippen molar-refractivity contribution in [3.05, 3.63) is 23.8 Å². The molecule has 3 fully saturated rings. The minimum atomic E-state index is -0.263. The number of carbonyl (C=O) groups is 1. The van der Waals surface area contributed by atoms with Crippen molar-refractivity contribution >= 4 is 5.91 Å². The maximum absolute atomic E-state index is 12.4. The van der Waals surface area contributed by atoms with Crippen LogP contribution >= 0.6 is 0 Å². The van der Waals surface area contributed by atoms with Crippen LogP contribution in [0.5, 0.6) is 11.5 Å². The zero-order valence-corrected chi connectivity index (χ0v) is 19.1. The number of nitrogens with one attached hydrogen (secondary N) is 2. The largest absolute Gasteiger partial charge is 0.493 e. The first-order valence-electron chi connectivity index (χ1n) is 11.1. The third-order valence-electron chi connectivity index (χ3n) is 7.95. The minimum Gasteiger partial charge on any atom is -0.493 e. The number of hydrogen-bond donors (Lipinski definition) is 2. The van der Waals surface area contributed by atoms with E-state index in [9.17, 15) is 4.79 Å². The summed E-state index contributed by atoms with van der Waals surface area (Å²) in [7, 11) is 3.31. The normalized spacial score (nSPS) is 37.1. The van der Waals surface area contributed by atoms with Crippen LogP contribution in [0.2, 0.25) is 0 Å². The van der Waals surface area contributed by atoms with E-state index >= 15 is 0 Å². The molecule has 0 aromatic heterocycles. The van der Waals surface area contributed by atoms with Gasteiger partial charge >= 0.3 is 0 Å². The van der Waals surface area contributed by atoms with Gasteiger partial charge in [-0.3, -0.25) is 4.79 Å². The fourth-order valence-electron chi connectivity index (χ4n) is 6.62. The number of rotatable bonds is 4. The summed E-state index contributed by atoms with van der Waals surface area (Å²) in [6, 6.07) is 6.39. The Morgan fingerprint density at radius 3 is 2.53 bits per heavy atom. The SMILES string of the molecule is COc1ccc([C@@H]2OCC[C@]3(NC(C)=O)[C@H]4C[C@@H](C[C@@H]23)C(C)(C)N[C@@H]4C)cc1OC. The van der Waals surface area contributed by atoms with Gasteiger partial charge < -0.3 is 24.8 Å². The smallest absolute Gasteiger partial charge is 0.217 e. The van der Waals surface area contributed by atoms with Crippen molar-refractivity contribution in [3.8, 4) is 11.5 Å². The Balaban J connectivity index is 1.78. The number of carbonyl (C=O) groups excluding carboxylic acids is 1. The zero-order chi connectivity index (χ0) is 21.7. The summed E-state index contributed by atoms with van der Waals surface area (Å²) in [6.45, 7) is 9.17. The second-order valence-electron chi connectivity index (χ2n) is 9.91. The standard InChI is InChI=1S/C24H36N2O4/c1-14-18-12-17(23(3,4)25-14)13-19-22(30-10-9-24(18,19)26-15(2)27)16-7-8-20(28-5)21(11-16)29-6/h7-8,11,14,17-19,22,25H,9-10,12-13H2,1-6H3,(H,26,27)/t14-,17+,18+,19+,22+,24+/m1/s1. The number of methoxy groups -OCH3 is 2. The van der Waals surface area contributed by atoms with E-state index in [-0.39, 0.29) is 29.0 Å². The van der Waals surface area contributed by atoms with Crippen LogP contribution < -0.4 is 20.1 Å². The van der Waals surface area contributed by atoms with E-state index in [1.807, 2.05) is 12.1 Å². The van der Waals surface area contributed by atoms with Gasteiger partial charge in [0.1, 0.15) is 0 Å². The van der Waals surface area contributed by atoms with Crippen molar-refractivity contribution < 1.29 is 19.0 Å². The van der Waals surface area contributed by atoms with Gasteiger partial charge in [-0.2, -0.15) is 0 Å². The maximum atomic E-state index is 12.4. The molecular weight excluding hydrogens is 380 g/mol. The van der Waals surface area contributed by atoms with E-state index < -0.39 is 0 Å². The number of fused-ring (bicyclic) bond motifs is 4. The van der Waals surface area contributed by atoms with E-state index in [1.54, 1.807) is 21.1 Å². The molecule has 2 bridgehead atoms. The first-order chi connectivity index (χ1) is 14.2. The van der Waals surface area contributed by atoms with E-state index in [0.29, 0.717) is 36.0 Å². The molecule has 0 spiro atoms. The van der Waals surface area contributed by atoms with Gasteiger partial charge in [0, 0.05) is 31.0 Å². The summed E-state index contributed by atoms with van der Waals surface area (Å²) in [5.74, 6) is 2.59. The van der Waals surface area contributed by atoms with Gasteiger partial charge in [0.25, 0.3) is 0 Å². The van der Waals surface area contributed by atoms with Crippen molar-refractivity contribution in [2.75, 3.05) is 20.8 Å². The molecule has 166 valence electrons. The van der Waals surface area contributed by atoms with Crippen molar-refractivity contribution in [1.82, 2.24) is 10.6 Å². The Hall–Kier alpha value is -1.79. The van der Waals surface area contributed by atoms with Crippen LogP contribution in [0.15, 0.2) is 18.2 Å². The molecule has 1 aromatic carbocycles. The second-order valence-corrected chi connectivity index (χ2v) is 9.91. The summed E-state index contributed by atoms with van der Waals surface area (Å²) < 4.78 is 17.4. The van der Waals surface area contributed by atoms with E-state index in [0.717, 1.165) is 24.8 Å². The quantitative estimate of drug-likeness (QED) is 0.787. The molecule has 4 rings (SSSR count). The van der Waals surface area contributed by atoms with Crippen LogP contribution in [-0.4, -0.2) is 43.9 Å². The highest BCUT2D eigenvalue weighted by molar-refractivity contribution is 5.74. The second kappa shape index (κ2) is 7.72. The van der Waals surface area contributed by atoms with Gasteiger partial charge in [0.2, 0.25) is 5.91 Å². The summed E-state index contributed by atoms with van der Waals surface area (Å²) in [5, 5.41) is 7.29. The third-order valence-corrected chi connectivity index (χ3v) is 7.95. The highest BCUT2D eigenvalue weighted by Crippen LogP contribution is 2.57. The number of benzene rings is 1. The molecule has 1 amide bonds. The lowest BCUT2D eigenvalue weighted by Crippen LogP contribution is -2.73. The van der Waals surface area contributed by atoms with Gasteiger partial charge in [-0.25, -0.2) is 0 Å². The lowest BCUT2D eigenvalue weighted by atomic mass is 9.52. The Bertz CT molecular complexity index is 810. The van der Waals surface area contributed by atoms with Gasteiger partial charge in [-0.1, -0.05) is 6.07 Å². The summed E-state index contributed by atoms with van der Waals surface area (Å²) >= 11 is 0. The van der Waals surface area contributed by atoms with Crippen molar-refractivity contribution in [2.24, 2.45) is 17.8 Å². The van der Waals surface area contributed by atoms with Gasteiger partial charge in [0.15, 0.2) is 11.5 Å². The Kier molecular flexibility index (Phi) is 5.52. The number of hydrogen-bond acceptors (Lipinski definition) is 5. The summed E-state index contributed by atoms with van der Waals surface area (Å²) in [6.07, 6.45) is 2.92. The van der Waals surface area contributed by atoms with Crippen LogP contribution in [0.3, 0.4) is 0 Å². The highest BCUT2D eigenvalue weighted by Gasteiger charge is 2.61. The van der Waals surface area contributed by atoms with Crippen LogP contribution in [-0.2, 0) is 9.53 Å². The lowest BCUT2D eigenvalue weighted by molar-refractivity contribution is -0.160. The molecule has 0 radical (unpaired) electrons. The predicted octanol–water partition coefficient (Wildman–Crippen LogP) is 3.45. The zero-order valence-electron chi connectivity index (χ0n) is 19.1. The van der Waals surface area contributed by atoms with Crippen LogP contribution in [0.4, 0.5) is 0 Å². The van der Waals surface area contributed by atoms with Crippen LogP contribution in [0.25, 0.3) is 0 Å². The minimum absolute atomic E-state index is 0.0449. The number of ether oxygens (including phenoxy) is 3. The molecule has 1 aliphatic carbocycles. The molecule has 1 aromatic rings. The summed E-state index contributed by atoms with van der Waals surface area (Å²) in [4.78, 5) is 12.4. The lowest BCUT2D eigenvalue weighted by Gasteiger charge is -2.63.